The van der Waals surface area contributed by atoms with Crippen molar-refractivity contribution in [3.63, 3.8) is 0 Å². The Kier molecular flexibility index (Phi) is 7.71. The van der Waals surface area contributed by atoms with Gasteiger partial charge in [0, 0.05) is 0 Å². The molecule has 0 aromatic heterocycles. The van der Waals surface area contributed by atoms with Crippen molar-refractivity contribution >= 4 is 0 Å². The summed E-state index contributed by atoms with van der Waals surface area (Å²) in [5.74, 6) is 0.636. The van der Waals surface area contributed by atoms with Crippen LogP contribution in [0.4, 0.5) is 0 Å². The minimum Gasteiger partial charge on any atom is -0.393 e. The maximum absolute atomic E-state index is 9.58. The second kappa shape index (κ2) is 7.89. The van der Waals surface area contributed by atoms with Crippen LogP contribution in [0, 0.1) is 11.8 Å². The van der Waals surface area contributed by atoms with Crippen LogP contribution in [0.3, 0.4) is 0 Å². The number of hydrogen-bond acceptors (Lipinski definition) is 2. The average molecular weight is 214 g/mol. The van der Waals surface area contributed by atoms with Crippen molar-refractivity contribution < 1.29 is 10.2 Å². The second-order valence-corrected chi connectivity index (χ2v) is 4.59. The van der Waals surface area contributed by atoms with Gasteiger partial charge in [0.05, 0.1) is 12.2 Å². The van der Waals surface area contributed by atoms with Crippen LogP contribution in [0.25, 0.3) is 0 Å². The Morgan fingerprint density at radius 3 is 2.13 bits per heavy atom. The van der Waals surface area contributed by atoms with Gasteiger partial charge >= 0.3 is 0 Å². The Balaban J connectivity index is 3.65. The van der Waals surface area contributed by atoms with E-state index in [1.807, 2.05) is 13.8 Å². The first-order chi connectivity index (χ1) is 7.02. The topological polar surface area (TPSA) is 40.5 Å². The van der Waals surface area contributed by atoms with Crippen LogP contribution < -0.4 is 0 Å². The quantitative estimate of drug-likeness (QED) is 0.610. The smallest absolute Gasteiger partial charge is 0.0743 e. The summed E-state index contributed by atoms with van der Waals surface area (Å²) in [7, 11) is 0. The summed E-state index contributed by atoms with van der Waals surface area (Å²) >= 11 is 0. The summed E-state index contributed by atoms with van der Waals surface area (Å²) in [5, 5.41) is 19.1. The van der Waals surface area contributed by atoms with Gasteiger partial charge in [0.15, 0.2) is 0 Å². The van der Waals surface area contributed by atoms with Gasteiger partial charge < -0.3 is 10.2 Å². The number of aliphatic hydroxyl groups is 2. The molecule has 0 aromatic carbocycles. The summed E-state index contributed by atoms with van der Waals surface area (Å²) in [6, 6.07) is 0. The summed E-state index contributed by atoms with van der Waals surface area (Å²) in [6.45, 7) is 9.70. The van der Waals surface area contributed by atoms with Crippen molar-refractivity contribution in [2.75, 3.05) is 0 Å². The first-order valence-electron chi connectivity index (χ1n) is 6.01. The van der Waals surface area contributed by atoms with Gasteiger partial charge in [-0.3, -0.25) is 0 Å². The fourth-order valence-corrected chi connectivity index (χ4v) is 1.76. The van der Waals surface area contributed by atoms with E-state index in [0.29, 0.717) is 5.92 Å². The Morgan fingerprint density at radius 2 is 1.67 bits per heavy atom. The molecule has 0 aliphatic rings. The molecule has 0 fully saturated rings. The molecular weight excluding hydrogens is 188 g/mol. The van der Waals surface area contributed by atoms with Gasteiger partial charge in [-0.25, -0.2) is 0 Å². The predicted octanol–water partition coefficient (Wildman–Crippen LogP) is 2.75. The molecule has 0 aromatic rings. The fourth-order valence-electron chi connectivity index (χ4n) is 1.76. The molecule has 0 saturated carbocycles. The number of rotatable bonds is 8. The van der Waals surface area contributed by atoms with Crippen LogP contribution in [-0.2, 0) is 0 Å². The van der Waals surface area contributed by atoms with Gasteiger partial charge in [-0.15, -0.1) is 6.58 Å². The molecule has 0 aliphatic carbocycles. The van der Waals surface area contributed by atoms with Crippen molar-refractivity contribution in [1.29, 1.82) is 0 Å². The van der Waals surface area contributed by atoms with Crippen molar-refractivity contribution in [1.82, 2.24) is 0 Å². The molecule has 90 valence electrons. The maximum Gasteiger partial charge on any atom is 0.0743 e. The van der Waals surface area contributed by atoms with Gasteiger partial charge in [-0.2, -0.15) is 0 Å². The molecule has 0 aliphatic heterocycles. The lowest BCUT2D eigenvalue weighted by molar-refractivity contribution is 0.103. The third-order valence-corrected chi connectivity index (χ3v) is 3.22. The molecule has 0 heterocycles. The molecule has 0 bridgehead atoms. The van der Waals surface area contributed by atoms with E-state index in [1.54, 1.807) is 6.08 Å². The average Bonchev–Trinajstić information content (AvgIpc) is 2.26. The third kappa shape index (κ3) is 5.95. The molecule has 15 heavy (non-hydrogen) atoms. The van der Waals surface area contributed by atoms with Crippen molar-refractivity contribution in [2.24, 2.45) is 11.8 Å². The Morgan fingerprint density at radius 1 is 1.13 bits per heavy atom. The highest BCUT2D eigenvalue weighted by atomic mass is 16.3. The van der Waals surface area contributed by atoms with Crippen molar-refractivity contribution in [3.05, 3.63) is 12.7 Å². The first kappa shape index (κ1) is 14.7. The van der Waals surface area contributed by atoms with Crippen LogP contribution >= 0.6 is 0 Å². The molecule has 0 spiro atoms. The SMILES string of the molecule is C=CC(O)C(C)CCC[C@@H](C)C(O)CC. The van der Waals surface area contributed by atoms with Crippen LogP contribution in [0.5, 0.6) is 0 Å². The summed E-state index contributed by atoms with van der Waals surface area (Å²) in [5.41, 5.74) is 0. The van der Waals surface area contributed by atoms with Gasteiger partial charge in [-0.05, 0) is 31.1 Å². The monoisotopic (exact) mass is 214 g/mol. The van der Waals surface area contributed by atoms with Crippen LogP contribution in [0.2, 0.25) is 0 Å². The summed E-state index contributed by atoms with van der Waals surface area (Å²) in [4.78, 5) is 0. The number of hydrogen-bond donors (Lipinski definition) is 2. The van der Waals surface area contributed by atoms with E-state index in [-0.39, 0.29) is 12.0 Å². The fraction of sp³-hybridized carbons (Fsp3) is 0.846. The highest BCUT2D eigenvalue weighted by molar-refractivity contribution is 4.82. The van der Waals surface area contributed by atoms with Gasteiger partial charge in [0.2, 0.25) is 0 Å². The lowest BCUT2D eigenvalue weighted by Gasteiger charge is -2.19. The maximum atomic E-state index is 9.58. The zero-order valence-electron chi connectivity index (χ0n) is 10.3. The molecule has 0 saturated heterocycles. The standard InChI is InChI=1S/C13H26O2/c1-5-12(14)10(3)8-7-9-11(4)13(15)6-2/h5,10-15H,1,6-9H2,2-4H3/t10?,11-,12?,13?/m1/s1. The van der Waals surface area contributed by atoms with Gasteiger partial charge in [0.25, 0.3) is 0 Å². The highest BCUT2D eigenvalue weighted by Gasteiger charge is 2.14. The molecule has 0 rings (SSSR count). The normalized spacial score (nSPS) is 19.3. The minimum absolute atomic E-state index is 0.176. The van der Waals surface area contributed by atoms with E-state index in [0.717, 1.165) is 25.7 Å². The molecule has 2 nitrogen and oxygen atoms in total. The van der Waals surface area contributed by atoms with E-state index >= 15 is 0 Å². The predicted molar refractivity (Wildman–Crippen MR) is 64.7 cm³/mol. The molecule has 2 heteroatoms. The first-order valence-corrected chi connectivity index (χ1v) is 6.01. The Labute approximate surface area is 94.0 Å². The molecule has 0 amide bonds. The number of aliphatic hydroxyl groups excluding tert-OH is 2. The third-order valence-electron chi connectivity index (χ3n) is 3.22. The molecule has 4 atom stereocenters. The highest BCUT2D eigenvalue weighted by Crippen LogP contribution is 2.19. The zero-order chi connectivity index (χ0) is 11.8. The lowest BCUT2D eigenvalue weighted by atomic mass is 9.92. The van der Waals surface area contributed by atoms with Crippen LogP contribution in [0.15, 0.2) is 12.7 Å². The summed E-state index contributed by atoms with van der Waals surface area (Å²) < 4.78 is 0. The molecule has 3 unspecified atom stereocenters. The molecule has 2 N–H and O–H groups in total. The van der Waals surface area contributed by atoms with Crippen molar-refractivity contribution in [3.8, 4) is 0 Å². The van der Waals surface area contributed by atoms with E-state index in [4.69, 9.17) is 0 Å². The summed E-state index contributed by atoms with van der Waals surface area (Å²) in [6.07, 6.45) is 4.93. The second-order valence-electron chi connectivity index (χ2n) is 4.59. The van der Waals surface area contributed by atoms with E-state index in [1.165, 1.54) is 0 Å². The lowest BCUT2D eigenvalue weighted by Crippen LogP contribution is -2.18. The van der Waals surface area contributed by atoms with Gasteiger partial charge in [0.1, 0.15) is 0 Å². The Bertz CT molecular complexity index is 168. The van der Waals surface area contributed by atoms with E-state index in [2.05, 4.69) is 13.5 Å². The molecular formula is C13H26O2. The Hall–Kier alpha value is -0.340. The van der Waals surface area contributed by atoms with E-state index < -0.39 is 6.10 Å². The molecule has 0 radical (unpaired) electrons. The van der Waals surface area contributed by atoms with Gasteiger partial charge in [-0.1, -0.05) is 33.3 Å². The zero-order valence-corrected chi connectivity index (χ0v) is 10.3. The largest absolute Gasteiger partial charge is 0.393 e. The van der Waals surface area contributed by atoms with E-state index in [9.17, 15) is 10.2 Å². The minimum atomic E-state index is -0.392. The van der Waals surface area contributed by atoms with Crippen LogP contribution in [0.1, 0.15) is 46.5 Å². The van der Waals surface area contributed by atoms with Crippen LogP contribution in [-0.4, -0.2) is 22.4 Å². The van der Waals surface area contributed by atoms with Crippen molar-refractivity contribution in [2.45, 2.75) is 58.7 Å².